The zero-order valence-corrected chi connectivity index (χ0v) is 19.2. The summed E-state index contributed by atoms with van der Waals surface area (Å²) < 4.78 is 29.2. The van der Waals surface area contributed by atoms with Gasteiger partial charge in [-0.25, -0.2) is 8.42 Å². The summed E-state index contributed by atoms with van der Waals surface area (Å²) in [6, 6.07) is 18.6. The van der Waals surface area contributed by atoms with E-state index in [0.717, 1.165) is 11.1 Å². The number of benzene rings is 3. The Balaban J connectivity index is 1.92. The van der Waals surface area contributed by atoms with E-state index in [9.17, 15) is 13.2 Å². The monoisotopic (exact) mass is 456 g/mol. The Kier molecular flexibility index (Phi) is 7.15. The minimum absolute atomic E-state index is 0.204. The summed E-state index contributed by atoms with van der Waals surface area (Å²) in [5.74, 6) is -0.447. The predicted octanol–water partition coefficient (Wildman–Crippen LogP) is 4.79. The first kappa shape index (κ1) is 23.0. The number of sulfonamides is 1. The molecule has 31 heavy (non-hydrogen) atoms. The Hall–Kier alpha value is -2.67. The van der Waals surface area contributed by atoms with Gasteiger partial charge in [-0.2, -0.15) is 4.72 Å². The molecule has 0 spiro atoms. The summed E-state index contributed by atoms with van der Waals surface area (Å²) in [6.45, 7) is 5.44. The van der Waals surface area contributed by atoms with Gasteiger partial charge in [0, 0.05) is 10.7 Å². The van der Waals surface area contributed by atoms with Gasteiger partial charge in [-0.3, -0.25) is 4.79 Å². The number of amides is 1. The van der Waals surface area contributed by atoms with E-state index in [1.54, 1.807) is 38.1 Å². The molecule has 0 heterocycles. The molecule has 3 aromatic carbocycles. The molecule has 0 aliphatic heterocycles. The second kappa shape index (κ2) is 9.64. The molecular weight excluding hydrogens is 432 g/mol. The van der Waals surface area contributed by atoms with Crippen molar-refractivity contribution in [2.45, 2.75) is 38.1 Å². The standard InChI is InChI=1S/C24H25ClN2O3S/c1-16-13-17(2)23(18(3)14-16)31(29,30)27-22(15-19-7-5-4-6-8-19)24(28)26-21-11-9-20(25)10-12-21/h4-14,22,27H,15H2,1-3H3,(H,26,28)/t22-/m1/s1. The van der Waals surface area contributed by atoms with Gasteiger partial charge in [0.05, 0.1) is 4.90 Å². The largest absolute Gasteiger partial charge is 0.325 e. The van der Waals surface area contributed by atoms with Crippen LogP contribution in [0.1, 0.15) is 22.3 Å². The van der Waals surface area contributed by atoms with E-state index in [1.165, 1.54) is 0 Å². The molecule has 0 saturated carbocycles. The van der Waals surface area contributed by atoms with Crippen molar-refractivity contribution < 1.29 is 13.2 Å². The van der Waals surface area contributed by atoms with Gasteiger partial charge in [0.2, 0.25) is 15.9 Å². The zero-order valence-electron chi connectivity index (χ0n) is 17.6. The first-order chi connectivity index (χ1) is 14.7. The van der Waals surface area contributed by atoms with Gasteiger partial charge in [0.25, 0.3) is 0 Å². The Morgan fingerprint density at radius 1 is 0.935 bits per heavy atom. The van der Waals surface area contributed by atoms with Crippen LogP contribution in [-0.4, -0.2) is 20.4 Å². The van der Waals surface area contributed by atoms with Gasteiger partial charge >= 0.3 is 0 Å². The van der Waals surface area contributed by atoms with E-state index < -0.39 is 22.0 Å². The molecule has 7 heteroatoms. The van der Waals surface area contributed by atoms with Gasteiger partial charge in [-0.15, -0.1) is 0 Å². The second-order valence-corrected chi connectivity index (χ2v) is 9.67. The summed E-state index contributed by atoms with van der Waals surface area (Å²) >= 11 is 5.91. The van der Waals surface area contributed by atoms with Crippen LogP contribution in [-0.2, 0) is 21.2 Å². The van der Waals surface area contributed by atoms with Crippen LogP contribution in [0, 0.1) is 20.8 Å². The molecule has 0 aromatic heterocycles. The molecule has 0 aliphatic carbocycles. The topological polar surface area (TPSA) is 75.3 Å². The lowest BCUT2D eigenvalue weighted by Gasteiger charge is -2.20. The molecule has 0 aliphatic rings. The van der Waals surface area contributed by atoms with E-state index in [4.69, 9.17) is 11.6 Å². The molecule has 0 radical (unpaired) electrons. The molecular formula is C24H25ClN2O3S. The maximum Gasteiger partial charge on any atom is 0.242 e. The molecule has 0 unspecified atom stereocenters. The molecule has 1 amide bonds. The Morgan fingerprint density at radius 3 is 2.10 bits per heavy atom. The van der Waals surface area contributed by atoms with Gasteiger partial charge in [0.1, 0.15) is 6.04 Å². The molecule has 162 valence electrons. The van der Waals surface area contributed by atoms with Crippen molar-refractivity contribution in [2.75, 3.05) is 5.32 Å². The number of hydrogen-bond donors (Lipinski definition) is 2. The van der Waals surface area contributed by atoms with Gasteiger partial charge in [-0.1, -0.05) is 59.6 Å². The molecule has 3 aromatic rings. The van der Waals surface area contributed by atoms with Crippen LogP contribution in [0.4, 0.5) is 5.69 Å². The molecule has 5 nitrogen and oxygen atoms in total. The number of hydrogen-bond acceptors (Lipinski definition) is 3. The van der Waals surface area contributed by atoms with Crippen molar-refractivity contribution in [1.29, 1.82) is 0 Å². The van der Waals surface area contributed by atoms with Crippen LogP contribution in [0.25, 0.3) is 0 Å². The van der Waals surface area contributed by atoms with Crippen LogP contribution in [0.5, 0.6) is 0 Å². The minimum Gasteiger partial charge on any atom is -0.325 e. The lowest BCUT2D eigenvalue weighted by molar-refractivity contribution is -0.117. The summed E-state index contributed by atoms with van der Waals surface area (Å²) in [6.07, 6.45) is 0.212. The Bertz CT molecular complexity index is 1150. The third kappa shape index (κ3) is 5.94. The quantitative estimate of drug-likeness (QED) is 0.536. The zero-order chi connectivity index (χ0) is 22.6. The highest BCUT2D eigenvalue weighted by molar-refractivity contribution is 7.89. The molecule has 3 rings (SSSR count). The Labute approximate surface area is 188 Å². The number of rotatable bonds is 7. The van der Waals surface area contributed by atoms with E-state index >= 15 is 0 Å². The van der Waals surface area contributed by atoms with E-state index in [2.05, 4.69) is 10.0 Å². The second-order valence-electron chi connectivity index (χ2n) is 7.59. The number of carbonyl (C=O) groups excluding carboxylic acids is 1. The number of halogens is 1. The Morgan fingerprint density at radius 2 is 1.52 bits per heavy atom. The summed E-state index contributed by atoms with van der Waals surface area (Å²) in [7, 11) is -3.93. The fraction of sp³-hybridized carbons (Fsp3) is 0.208. The molecule has 0 saturated heterocycles. The minimum atomic E-state index is -3.93. The summed E-state index contributed by atoms with van der Waals surface area (Å²) in [4.78, 5) is 13.3. The number of aryl methyl sites for hydroxylation is 3. The highest BCUT2D eigenvalue weighted by Gasteiger charge is 2.28. The predicted molar refractivity (Wildman–Crippen MR) is 125 cm³/mol. The summed E-state index contributed by atoms with van der Waals surface area (Å²) in [5.41, 5.74) is 3.64. The van der Waals surface area contributed by atoms with Gasteiger partial charge < -0.3 is 5.32 Å². The maximum absolute atomic E-state index is 13.3. The van der Waals surface area contributed by atoms with Crippen molar-refractivity contribution in [2.24, 2.45) is 0 Å². The smallest absolute Gasteiger partial charge is 0.242 e. The lowest BCUT2D eigenvalue weighted by atomic mass is 10.1. The molecule has 0 bridgehead atoms. The summed E-state index contributed by atoms with van der Waals surface area (Å²) in [5, 5.41) is 3.32. The number of anilines is 1. The molecule has 0 fully saturated rings. The van der Waals surface area contributed by atoms with E-state index in [-0.39, 0.29) is 11.3 Å². The van der Waals surface area contributed by atoms with E-state index in [0.29, 0.717) is 21.8 Å². The van der Waals surface area contributed by atoms with Gasteiger partial charge in [-0.05, 0) is 68.1 Å². The van der Waals surface area contributed by atoms with Crippen LogP contribution in [0.2, 0.25) is 5.02 Å². The fourth-order valence-corrected chi connectivity index (χ4v) is 5.41. The van der Waals surface area contributed by atoms with Crippen molar-refractivity contribution in [3.63, 3.8) is 0 Å². The van der Waals surface area contributed by atoms with Crippen molar-refractivity contribution in [3.8, 4) is 0 Å². The third-order valence-electron chi connectivity index (χ3n) is 4.88. The first-order valence-corrected chi connectivity index (χ1v) is 11.7. The molecule has 1 atom stereocenters. The van der Waals surface area contributed by atoms with E-state index in [1.807, 2.05) is 49.4 Å². The number of nitrogens with one attached hydrogen (secondary N) is 2. The fourth-order valence-electron chi connectivity index (χ4n) is 3.64. The average molecular weight is 457 g/mol. The SMILES string of the molecule is Cc1cc(C)c(S(=O)(=O)N[C@H](Cc2ccccc2)C(=O)Nc2ccc(Cl)cc2)c(C)c1. The van der Waals surface area contributed by atoms with Crippen LogP contribution >= 0.6 is 11.6 Å². The average Bonchev–Trinajstić information content (AvgIpc) is 2.68. The van der Waals surface area contributed by atoms with Crippen molar-refractivity contribution >= 4 is 33.2 Å². The maximum atomic E-state index is 13.3. The number of carbonyl (C=O) groups is 1. The van der Waals surface area contributed by atoms with Gasteiger partial charge in [0.15, 0.2) is 0 Å². The lowest BCUT2D eigenvalue weighted by Crippen LogP contribution is -2.45. The normalized spacial score (nSPS) is 12.4. The first-order valence-electron chi connectivity index (χ1n) is 9.86. The highest BCUT2D eigenvalue weighted by atomic mass is 35.5. The van der Waals surface area contributed by atoms with Crippen molar-refractivity contribution in [1.82, 2.24) is 4.72 Å². The van der Waals surface area contributed by atoms with Crippen LogP contribution in [0.15, 0.2) is 71.6 Å². The third-order valence-corrected chi connectivity index (χ3v) is 6.91. The van der Waals surface area contributed by atoms with Crippen molar-refractivity contribution in [3.05, 3.63) is 94.0 Å². The highest BCUT2D eigenvalue weighted by Crippen LogP contribution is 2.23. The van der Waals surface area contributed by atoms with Crippen LogP contribution in [0.3, 0.4) is 0 Å². The van der Waals surface area contributed by atoms with Crippen LogP contribution < -0.4 is 10.0 Å². The molecule has 2 N–H and O–H groups in total.